The quantitative estimate of drug-likeness (QED) is 0.356. The second kappa shape index (κ2) is 7.07. The Morgan fingerprint density at radius 1 is 1.25 bits per heavy atom. The maximum Gasteiger partial charge on any atom is 0.327 e. The lowest BCUT2D eigenvalue weighted by atomic mass is 10.1. The summed E-state index contributed by atoms with van der Waals surface area (Å²) in [4.78, 5) is 32.1. The molecule has 1 unspecified atom stereocenters. The van der Waals surface area contributed by atoms with Gasteiger partial charge in [-0.05, 0) is 6.42 Å². The third kappa shape index (κ3) is 5.56. The van der Waals surface area contributed by atoms with Crippen molar-refractivity contribution >= 4 is 30.5 Å². The van der Waals surface area contributed by atoms with Gasteiger partial charge < -0.3 is 21.3 Å². The number of carbonyl (C=O) groups is 3. The molecule has 0 heterocycles. The zero-order valence-corrected chi connectivity index (χ0v) is 9.31. The average Bonchev–Trinajstić information content (AvgIpc) is 2.21. The fourth-order valence-electron chi connectivity index (χ4n) is 0.862. The van der Waals surface area contributed by atoms with Gasteiger partial charge in [-0.25, -0.2) is 4.79 Å². The van der Waals surface area contributed by atoms with Crippen molar-refractivity contribution in [3.63, 3.8) is 0 Å². The molecule has 0 fully saturated rings. The summed E-state index contributed by atoms with van der Waals surface area (Å²) in [5.41, 5.74) is 5.18. The maximum atomic E-state index is 11.2. The third-order valence-corrected chi connectivity index (χ3v) is 2.18. The van der Waals surface area contributed by atoms with E-state index in [0.717, 1.165) is 0 Å². The number of nitrogens with one attached hydrogen (secondary N) is 1. The van der Waals surface area contributed by atoms with Crippen LogP contribution in [-0.4, -0.2) is 45.9 Å². The number of hydrogen-bond donors (Lipinski definition) is 5. The Morgan fingerprint density at radius 2 is 1.81 bits per heavy atom. The molecule has 92 valence electrons. The number of hydrogen-bond acceptors (Lipinski definition) is 5. The minimum atomic E-state index is -1.20. The van der Waals surface area contributed by atoms with Crippen molar-refractivity contribution in [1.82, 2.24) is 5.32 Å². The van der Waals surface area contributed by atoms with Crippen LogP contribution in [0.4, 0.5) is 0 Å². The molecule has 1 amide bonds. The Bertz CT molecular complexity index is 284. The monoisotopic (exact) mass is 250 g/mol. The highest BCUT2D eigenvalue weighted by Crippen LogP contribution is 1.97. The minimum Gasteiger partial charge on any atom is -0.480 e. The van der Waals surface area contributed by atoms with Crippen molar-refractivity contribution in [1.29, 1.82) is 0 Å². The fraction of sp³-hybridized carbons (Fsp3) is 0.625. The summed E-state index contributed by atoms with van der Waals surface area (Å²) in [6, 6.07) is -2.19. The predicted octanol–water partition coefficient (Wildman–Crippen LogP) is -1.32. The van der Waals surface area contributed by atoms with E-state index in [1.165, 1.54) is 0 Å². The first-order valence-corrected chi connectivity index (χ1v) is 5.13. The van der Waals surface area contributed by atoms with E-state index in [9.17, 15) is 14.4 Å². The SMILES string of the molecule is N[C@@H](CCC(=O)NC(CS)C(=O)O)C(=O)O. The molecular formula is C8H14N2O5S. The van der Waals surface area contributed by atoms with Crippen LogP contribution in [-0.2, 0) is 14.4 Å². The summed E-state index contributed by atoms with van der Waals surface area (Å²) < 4.78 is 0. The van der Waals surface area contributed by atoms with E-state index in [1.807, 2.05) is 0 Å². The molecule has 0 spiro atoms. The van der Waals surface area contributed by atoms with Gasteiger partial charge in [0, 0.05) is 12.2 Å². The van der Waals surface area contributed by atoms with Crippen LogP contribution in [0.15, 0.2) is 0 Å². The van der Waals surface area contributed by atoms with Crippen LogP contribution in [0.25, 0.3) is 0 Å². The number of aliphatic carboxylic acids is 2. The zero-order chi connectivity index (χ0) is 12.7. The lowest BCUT2D eigenvalue weighted by molar-refractivity contribution is -0.141. The number of thiol groups is 1. The van der Waals surface area contributed by atoms with E-state index >= 15 is 0 Å². The van der Waals surface area contributed by atoms with E-state index in [2.05, 4.69) is 17.9 Å². The molecule has 0 aliphatic rings. The standard InChI is InChI=1S/C8H14N2O5S/c9-4(7(12)13)1-2-6(11)10-5(3-16)8(14)15/h4-5,16H,1-3,9H2,(H,10,11)(H,12,13)(H,14,15)/t4-,5?/m0/s1. The number of amides is 1. The van der Waals surface area contributed by atoms with E-state index in [0.29, 0.717) is 0 Å². The maximum absolute atomic E-state index is 11.2. The average molecular weight is 250 g/mol. The molecule has 2 atom stereocenters. The van der Waals surface area contributed by atoms with Gasteiger partial charge in [0.2, 0.25) is 5.91 Å². The molecule has 0 rings (SSSR count). The molecule has 0 aromatic heterocycles. The lowest BCUT2D eigenvalue weighted by Crippen LogP contribution is -2.42. The minimum absolute atomic E-state index is 0.0357. The van der Waals surface area contributed by atoms with Gasteiger partial charge in [0.05, 0.1) is 0 Å². The Morgan fingerprint density at radius 3 is 2.19 bits per heavy atom. The lowest BCUT2D eigenvalue weighted by Gasteiger charge is -2.12. The van der Waals surface area contributed by atoms with Crippen molar-refractivity contribution in [3.05, 3.63) is 0 Å². The van der Waals surface area contributed by atoms with E-state index in [-0.39, 0.29) is 18.6 Å². The fourth-order valence-corrected chi connectivity index (χ4v) is 1.11. The first-order chi connectivity index (χ1) is 7.38. The van der Waals surface area contributed by atoms with Crippen LogP contribution in [0.1, 0.15) is 12.8 Å². The summed E-state index contributed by atoms with van der Waals surface area (Å²) in [6.45, 7) is 0. The summed E-state index contributed by atoms with van der Waals surface area (Å²) in [5, 5.41) is 19.3. The van der Waals surface area contributed by atoms with Gasteiger partial charge in [-0.2, -0.15) is 12.6 Å². The molecular weight excluding hydrogens is 236 g/mol. The van der Waals surface area contributed by atoms with Crippen molar-refractivity contribution in [2.45, 2.75) is 24.9 Å². The molecule has 0 aromatic rings. The molecule has 8 heteroatoms. The van der Waals surface area contributed by atoms with E-state index in [4.69, 9.17) is 15.9 Å². The van der Waals surface area contributed by atoms with Gasteiger partial charge in [-0.1, -0.05) is 0 Å². The Labute approximate surface area is 97.4 Å². The summed E-state index contributed by atoms with van der Waals surface area (Å²) >= 11 is 3.76. The van der Waals surface area contributed by atoms with E-state index < -0.39 is 29.9 Å². The number of carboxylic acids is 2. The van der Waals surface area contributed by atoms with Crippen LogP contribution >= 0.6 is 12.6 Å². The van der Waals surface area contributed by atoms with Gasteiger partial charge in [-0.3, -0.25) is 9.59 Å². The molecule has 0 aromatic carbocycles. The largest absolute Gasteiger partial charge is 0.480 e. The van der Waals surface area contributed by atoms with Crippen LogP contribution in [0.2, 0.25) is 0 Å². The molecule has 0 saturated heterocycles. The highest BCUT2D eigenvalue weighted by Gasteiger charge is 2.19. The highest BCUT2D eigenvalue weighted by atomic mass is 32.1. The molecule has 0 aliphatic heterocycles. The molecule has 0 radical (unpaired) electrons. The Balaban J connectivity index is 3.99. The third-order valence-electron chi connectivity index (χ3n) is 1.82. The first-order valence-electron chi connectivity index (χ1n) is 4.50. The molecule has 0 aliphatic carbocycles. The normalized spacial score (nSPS) is 13.9. The van der Waals surface area contributed by atoms with Gasteiger partial charge in [0.15, 0.2) is 0 Å². The van der Waals surface area contributed by atoms with Crippen LogP contribution in [0, 0.1) is 0 Å². The topological polar surface area (TPSA) is 130 Å². The Hall–Kier alpha value is -1.28. The number of rotatable bonds is 7. The molecule has 0 saturated carbocycles. The highest BCUT2D eigenvalue weighted by molar-refractivity contribution is 7.80. The smallest absolute Gasteiger partial charge is 0.327 e. The van der Waals surface area contributed by atoms with Crippen LogP contribution in [0.5, 0.6) is 0 Å². The van der Waals surface area contributed by atoms with Gasteiger partial charge in [-0.15, -0.1) is 0 Å². The van der Waals surface area contributed by atoms with Crippen molar-refractivity contribution in [3.8, 4) is 0 Å². The van der Waals surface area contributed by atoms with Crippen molar-refractivity contribution in [2.75, 3.05) is 5.75 Å². The number of carboxylic acid groups (broad SMARTS) is 2. The Kier molecular flexibility index (Phi) is 6.50. The number of carbonyl (C=O) groups excluding carboxylic acids is 1. The summed E-state index contributed by atoms with van der Waals surface area (Å²) in [6.07, 6.45) is -0.175. The number of nitrogens with two attached hydrogens (primary N) is 1. The summed E-state index contributed by atoms with van der Waals surface area (Å²) in [7, 11) is 0. The molecule has 16 heavy (non-hydrogen) atoms. The second-order valence-electron chi connectivity index (χ2n) is 3.12. The zero-order valence-electron chi connectivity index (χ0n) is 8.42. The predicted molar refractivity (Wildman–Crippen MR) is 58.3 cm³/mol. The molecule has 5 N–H and O–H groups in total. The summed E-state index contributed by atoms with van der Waals surface area (Å²) in [5.74, 6) is -2.98. The molecule has 7 nitrogen and oxygen atoms in total. The van der Waals surface area contributed by atoms with E-state index in [1.54, 1.807) is 0 Å². The van der Waals surface area contributed by atoms with Gasteiger partial charge >= 0.3 is 11.9 Å². The first kappa shape index (κ1) is 14.7. The van der Waals surface area contributed by atoms with Crippen molar-refractivity contribution in [2.24, 2.45) is 5.73 Å². The van der Waals surface area contributed by atoms with Crippen LogP contribution < -0.4 is 11.1 Å². The molecule has 0 bridgehead atoms. The van der Waals surface area contributed by atoms with Gasteiger partial charge in [0.1, 0.15) is 12.1 Å². The van der Waals surface area contributed by atoms with Crippen molar-refractivity contribution < 1.29 is 24.6 Å². The van der Waals surface area contributed by atoms with Crippen LogP contribution in [0.3, 0.4) is 0 Å². The second-order valence-corrected chi connectivity index (χ2v) is 3.49. The van der Waals surface area contributed by atoms with Gasteiger partial charge in [0.25, 0.3) is 0 Å².